The first-order valence-electron chi connectivity index (χ1n) is 8.63. The van der Waals surface area contributed by atoms with Crippen molar-refractivity contribution in [3.63, 3.8) is 0 Å². The largest absolute Gasteiger partial charge is 0.483 e. The second-order valence-corrected chi connectivity index (χ2v) is 7.97. The summed E-state index contributed by atoms with van der Waals surface area (Å²) in [6.45, 7) is 3.31. The van der Waals surface area contributed by atoms with Crippen LogP contribution in [-0.2, 0) is 14.8 Å². The summed E-state index contributed by atoms with van der Waals surface area (Å²) in [5.74, 6) is -0.570. The number of rotatable bonds is 3. The highest BCUT2D eigenvalue weighted by molar-refractivity contribution is 7.90. The van der Waals surface area contributed by atoms with E-state index in [1.807, 2.05) is 18.2 Å². The SMILES string of the molecule is O=CO.O=S(=O)(c1cccc(F)c1)n1ccc2ccc(N3CCNCC3)cc21. The monoisotopic (exact) mass is 405 g/mol. The lowest BCUT2D eigenvalue weighted by Crippen LogP contribution is -2.43. The predicted molar refractivity (Wildman–Crippen MR) is 105 cm³/mol. The molecule has 2 aromatic carbocycles. The van der Waals surface area contributed by atoms with E-state index >= 15 is 0 Å². The third-order valence-corrected chi connectivity index (χ3v) is 6.16. The Balaban J connectivity index is 0.000000706. The summed E-state index contributed by atoms with van der Waals surface area (Å²) in [6.07, 6.45) is 1.52. The number of nitrogens with zero attached hydrogens (tertiary/aromatic N) is 2. The zero-order valence-corrected chi connectivity index (χ0v) is 15.8. The van der Waals surface area contributed by atoms with Gasteiger partial charge in [0.05, 0.1) is 10.4 Å². The Morgan fingerprint density at radius 1 is 1.07 bits per heavy atom. The van der Waals surface area contributed by atoms with Gasteiger partial charge in [0.15, 0.2) is 0 Å². The summed E-state index contributed by atoms with van der Waals surface area (Å²) in [7, 11) is -3.85. The van der Waals surface area contributed by atoms with Crippen molar-refractivity contribution in [1.29, 1.82) is 0 Å². The zero-order chi connectivity index (χ0) is 20.1. The fourth-order valence-electron chi connectivity index (χ4n) is 3.16. The van der Waals surface area contributed by atoms with Crippen LogP contribution in [-0.4, -0.2) is 50.1 Å². The number of anilines is 1. The van der Waals surface area contributed by atoms with Crippen molar-refractivity contribution in [2.24, 2.45) is 0 Å². The van der Waals surface area contributed by atoms with Gasteiger partial charge in [-0.15, -0.1) is 0 Å². The normalized spacial score (nSPS) is 14.4. The third kappa shape index (κ3) is 4.00. The van der Waals surface area contributed by atoms with Gasteiger partial charge < -0.3 is 15.3 Å². The van der Waals surface area contributed by atoms with Gasteiger partial charge in [0.25, 0.3) is 16.5 Å². The van der Waals surface area contributed by atoms with E-state index in [2.05, 4.69) is 10.2 Å². The van der Waals surface area contributed by atoms with E-state index in [4.69, 9.17) is 9.90 Å². The van der Waals surface area contributed by atoms with Gasteiger partial charge in [-0.05, 0) is 36.4 Å². The first-order chi connectivity index (χ1) is 13.5. The molecule has 0 amide bonds. The molecule has 0 aliphatic carbocycles. The van der Waals surface area contributed by atoms with Crippen molar-refractivity contribution in [3.05, 3.63) is 60.5 Å². The topological polar surface area (TPSA) is 91.6 Å². The lowest BCUT2D eigenvalue weighted by atomic mass is 10.2. The molecule has 2 heterocycles. The van der Waals surface area contributed by atoms with Crippen molar-refractivity contribution in [1.82, 2.24) is 9.29 Å². The number of fused-ring (bicyclic) bond motifs is 1. The van der Waals surface area contributed by atoms with E-state index in [0.717, 1.165) is 43.3 Å². The summed E-state index contributed by atoms with van der Waals surface area (Å²) < 4.78 is 40.5. The van der Waals surface area contributed by atoms with Crippen LogP contribution in [0, 0.1) is 5.82 Å². The van der Waals surface area contributed by atoms with E-state index in [1.54, 1.807) is 6.07 Å². The highest BCUT2D eigenvalue weighted by Gasteiger charge is 2.20. The van der Waals surface area contributed by atoms with Crippen LogP contribution in [0.2, 0.25) is 0 Å². The van der Waals surface area contributed by atoms with Gasteiger partial charge in [-0.1, -0.05) is 12.1 Å². The molecule has 3 aromatic rings. The molecular formula is C19H20FN3O4S. The van der Waals surface area contributed by atoms with Crippen LogP contribution < -0.4 is 10.2 Å². The number of hydrogen-bond acceptors (Lipinski definition) is 5. The highest BCUT2D eigenvalue weighted by Crippen LogP contribution is 2.27. The van der Waals surface area contributed by atoms with Crippen LogP contribution in [0.4, 0.5) is 10.1 Å². The van der Waals surface area contributed by atoms with Crippen molar-refractivity contribution in [2.45, 2.75) is 4.90 Å². The minimum atomic E-state index is -3.85. The van der Waals surface area contributed by atoms with Gasteiger partial charge in [0, 0.05) is 43.4 Å². The van der Waals surface area contributed by atoms with Crippen molar-refractivity contribution >= 4 is 33.1 Å². The molecule has 7 nitrogen and oxygen atoms in total. The molecule has 9 heteroatoms. The molecule has 0 spiro atoms. The van der Waals surface area contributed by atoms with Crippen LogP contribution in [0.1, 0.15) is 0 Å². The molecule has 1 aliphatic rings. The number of aromatic nitrogens is 1. The van der Waals surface area contributed by atoms with Gasteiger partial charge in [-0.3, -0.25) is 4.79 Å². The highest BCUT2D eigenvalue weighted by atomic mass is 32.2. The minimum Gasteiger partial charge on any atom is -0.483 e. The van der Waals surface area contributed by atoms with Gasteiger partial charge in [-0.2, -0.15) is 0 Å². The fourth-order valence-corrected chi connectivity index (χ4v) is 4.54. The summed E-state index contributed by atoms with van der Waals surface area (Å²) in [6, 6.07) is 12.7. The van der Waals surface area contributed by atoms with E-state index in [0.29, 0.717) is 5.52 Å². The summed E-state index contributed by atoms with van der Waals surface area (Å²) in [5, 5.41) is 11.0. The molecule has 148 valence electrons. The number of carboxylic acid groups (broad SMARTS) is 1. The molecule has 0 unspecified atom stereocenters. The maximum Gasteiger partial charge on any atom is 0.290 e. The molecular weight excluding hydrogens is 385 g/mol. The molecule has 2 N–H and O–H groups in total. The van der Waals surface area contributed by atoms with Crippen LogP contribution >= 0.6 is 0 Å². The van der Waals surface area contributed by atoms with Crippen LogP contribution in [0.15, 0.2) is 59.6 Å². The Bertz CT molecular complexity index is 1080. The van der Waals surface area contributed by atoms with Crippen LogP contribution in [0.5, 0.6) is 0 Å². The first-order valence-corrected chi connectivity index (χ1v) is 10.1. The van der Waals surface area contributed by atoms with E-state index in [-0.39, 0.29) is 11.4 Å². The van der Waals surface area contributed by atoms with E-state index < -0.39 is 15.8 Å². The fraction of sp³-hybridized carbons (Fsp3) is 0.211. The molecule has 0 atom stereocenters. The molecule has 1 aromatic heterocycles. The molecule has 1 fully saturated rings. The van der Waals surface area contributed by atoms with Gasteiger partial charge in [-0.25, -0.2) is 16.8 Å². The molecule has 4 rings (SSSR count). The summed E-state index contributed by atoms with van der Waals surface area (Å²) in [4.78, 5) is 10.5. The Hall–Kier alpha value is -2.91. The Morgan fingerprint density at radius 2 is 1.79 bits per heavy atom. The maximum atomic E-state index is 13.5. The molecule has 1 saturated heterocycles. The van der Waals surface area contributed by atoms with Crippen molar-refractivity contribution in [3.8, 4) is 0 Å². The number of piperazine rings is 1. The van der Waals surface area contributed by atoms with Crippen LogP contribution in [0.25, 0.3) is 10.9 Å². The Kier molecular flexibility index (Phi) is 5.96. The molecule has 0 saturated carbocycles. The third-order valence-electron chi connectivity index (χ3n) is 4.48. The Morgan fingerprint density at radius 3 is 2.46 bits per heavy atom. The lowest BCUT2D eigenvalue weighted by molar-refractivity contribution is -0.122. The number of benzene rings is 2. The standard InChI is InChI=1S/C18H18FN3O2S.CH2O2/c19-15-2-1-3-17(12-15)25(23,24)22-9-6-14-4-5-16(13-18(14)22)21-10-7-20-8-11-21;2-1-3/h1-6,9,12-13,20H,7-8,10-11H2;1H,(H,2,3). The second-order valence-electron chi connectivity index (χ2n) is 6.16. The lowest BCUT2D eigenvalue weighted by Gasteiger charge is -2.29. The number of hydrogen-bond donors (Lipinski definition) is 2. The van der Waals surface area contributed by atoms with Gasteiger partial charge in [0.2, 0.25) is 0 Å². The Labute approximate surface area is 162 Å². The van der Waals surface area contributed by atoms with Crippen LogP contribution in [0.3, 0.4) is 0 Å². The zero-order valence-electron chi connectivity index (χ0n) is 15.0. The number of carbonyl (C=O) groups is 1. The average molecular weight is 405 g/mol. The molecule has 0 bridgehead atoms. The summed E-state index contributed by atoms with van der Waals surface area (Å²) >= 11 is 0. The number of nitrogens with one attached hydrogen (secondary N) is 1. The van der Waals surface area contributed by atoms with Crippen molar-refractivity contribution < 1.29 is 22.7 Å². The maximum absolute atomic E-state index is 13.5. The van der Waals surface area contributed by atoms with Crippen molar-refractivity contribution in [2.75, 3.05) is 31.1 Å². The quantitative estimate of drug-likeness (QED) is 0.649. The van der Waals surface area contributed by atoms with E-state index in [1.165, 1.54) is 28.4 Å². The minimum absolute atomic E-state index is 0.0578. The molecule has 0 radical (unpaired) electrons. The van der Waals surface area contributed by atoms with Gasteiger partial charge >= 0.3 is 0 Å². The predicted octanol–water partition coefficient (Wildman–Crippen LogP) is 2.13. The molecule has 28 heavy (non-hydrogen) atoms. The first kappa shape index (κ1) is 19.8. The summed E-state index contributed by atoms with van der Waals surface area (Å²) in [5.41, 5.74) is 1.59. The molecule has 1 aliphatic heterocycles. The number of halogens is 1. The second kappa shape index (κ2) is 8.41. The smallest absolute Gasteiger partial charge is 0.290 e. The van der Waals surface area contributed by atoms with Gasteiger partial charge in [0.1, 0.15) is 5.82 Å². The average Bonchev–Trinajstić information content (AvgIpc) is 3.13. The van der Waals surface area contributed by atoms with E-state index in [9.17, 15) is 12.8 Å².